The first-order chi connectivity index (χ1) is 44.6. The SMILES string of the molecule is Cc1cc(N2c3[c-]c(Oc4[c-]c(-n5[c](=[Pt])n(-c6c(-c7ccccc7)cccc6-c6ccccc6)c6ccccc65)ccc4)ccc3C3(c4ccccc42)c2ccccc2N(c2cccc(C(C)(C)C)c2)c2ccccc23)ncc1-c1ccc(-c2ccccc2)cc1. The van der Waals surface area contributed by atoms with Crippen LogP contribution in [0.25, 0.3) is 66.9 Å². The maximum absolute atomic E-state index is 7.16. The van der Waals surface area contributed by atoms with Crippen LogP contribution in [0.4, 0.5) is 34.3 Å². The molecule has 16 rings (SSSR count). The summed E-state index contributed by atoms with van der Waals surface area (Å²) in [4.78, 5) is 10.2. The van der Waals surface area contributed by atoms with Gasteiger partial charge in [-0.05, 0) is 64.4 Å². The molecule has 2 aliphatic heterocycles. The number of ether oxygens (including phenoxy) is 1. The standard InChI is InChI=1S/C84H61N5O.Pt/c1-57-51-81(85-55-70(57)62-47-45-59(46-48-62)58-25-8-5-9-26-58)89-77-42-19-16-39-73(77)84(71-37-14-17-40-75(71)88(76-41-18-15-38-72(76)84)65-33-22-31-63(52-65)83(2,3)4)74-50-49-67(54-80(74)89)90-66-34-23-32-64(53-66)86-56-87(79-44-21-20-43-78(79)86)82-68(60-27-10-6-11-28-60)35-24-36-69(82)61-29-12-7-13-30-61;/h5-52,55H,1-4H3;/q-2;. The Bertz CT molecular complexity index is 5070. The zero-order valence-corrected chi connectivity index (χ0v) is 53.0. The number of hydrogen-bond acceptors (Lipinski definition) is 4. The topological polar surface area (TPSA) is 38.5 Å². The van der Waals surface area contributed by atoms with Gasteiger partial charge in [0.2, 0.25) is 0 Å². The molecule has 6 nitrogen and oxygen atoms in total. The van der Waals surface area contributed by atoms with Crippen LogP contribution in [0, 0.1) is 22.9 Å². The normalized spacial score (nSPS) is 12.9. The number of para-hydroxylation sites is 6. The number of nitrogens with zero attached hydrogens (tertiary/aromatic N) is 5. The summed E-state index contributed by atoms with van der Waals surface area (Å²) in [5.74, 6) is 1.87. The molecule has 2 aromatic heterocycles. The summed E-state index contributed by atoms with van der Waals surface area (Å²) >= 11 is 2.50. The first-order valence-electron chi connectivity index (χ1n) is 30.9. The molecule has 4 heterocycles. The molecular weight excluding hydrogens is 1290 g/mol. The van der Waals surface area contributed by atoms with Crippen molar-refractivity contribution < 1.29 is 24.1 Å². The number of benzene rings is 12. The van der Waals surface area contributed by atoms with Crippen molar-refractivity contribution in [2.75, 3.05) is 9.80 Å². The third-order valence-corrected chi connectivity index (χ3v) is 19.1. The fourth-order valence-corrected chi connectivity index (χ4v) is 15.0. The van der Waals surface area contributed by atoms with Gasteiger partial charge in [0.15, 0.2) is 0 Å². The van der Waals surface area contributed by atoms with Gasteiger partial charge >= 0.3 is 306 Å². The summed E-state index contributed by atoms with van der Waals surface area (Å²) in [5, 5.41) is 0. The number of fused-ring (bicyclic) bond motifs is 9. The molecule has 0 saturated heterocycles. The molecule has 0 N–H and O–H groups in total. The average Bonchev–Trinajstić information content (AvgIpc) is 1.16. The van der Waals surface area contributed by atoms with E-state index < -0.39 is 5.41 Å². The van der Waals surface area contributed by atoms with Crippen molar-refractivity contribution in [1.29, 1.82) is 0 Å². The zero-order chi connectivity index (χ0) is 61.4. The van der Waals surface area contributed by atoms with Gasteiger partial charge in [-0.25, -0.2) is 0 Å². The molecule has 0 unspecified atom stereocenters. The van der Waals surface area contributed by atoms with Gasteiger partial charge in [0, 0.05) is 28.8 Å². The molecule has 12 aromatic carbocycles. The predicted octanol–water partition coefficient (Wildman–Crippen LogP) is 21.5. The summed E-state index contributed by atoms with van der Waals surface area (Å²) < 4.78 is 12.8. The van der Waals surface area contributed by atoms with Gasteiger partial charge in [-0.2, -0.15) is 0 Å². The summed E-state index contributed by atoms with van der Waals surface area (Å²) in [5.41, 5.74) is 24.3. The van der Waals surface area contributed by atoms with Crippen molar-refractivity contribution in [2.45, 2.75) is 38.5 Å². The monoisotopic (exact) mass is 1350 g/mol. The van der Waals surface area contributed by atoms with E-state index in [1.807, 2.05) is 12.3 Å². The van der Waals surface area contributed by atoms with Gasteiger partial charge in [-0.1, -0.05) is 142 Å². The van der Waals surface area contributed by atoms with Crippen LogP contribution in [0.3, 0.4) is 0 Å². The molecule has 0 bridgehead atoms. The summed E-state index contributed by atoms with van der Waals surface area (Å²) in [6, 6.07) is 112. The van der Waals surface area contributed by atoms with E-state index in [9.17, 15) is 0 Å². The molecule has 0 atom stereocenters. The molecule has 440 valence electrons. The van der Waals surface area contributed by atoms with E-state index in [0.717, 1.165) is 122 Å². The van der Waals surface area contributed by atoms with Crippen molar-refractivity contribution in [2.24, 2.45) is 0 Å². The Morgan fingerprint density at radius 2 is 0.912 bits per heavy atom. The second kappa shape index (κ2) is 22.4. The van der Waals surface area contributed by atoms with Crippen molar-refractivity contribution in [3.8, 4) is 67.4 Å². The van der Waals surface area contributed by atoms with E-state index in [-0.39, 0.29) is 5.41 Å². The van der Waals surface area contributed by atoms with Crippen LogP contribution in [-0.4, -0.2) is 14.1 Å². The Hall–Kier alpha value is -10.7. The fraction of sp³-hybridized carbons (Fsp3) is 0.0714. The Morgan fingerprint density at radius 1 is 0.418 bits per heavy atom. The summed E-state index contributed by atoms with van der Waals surface area (Å²) in [6.45, 7) is 9.04. The molecular formula is C84H61N5OPt-2. The molecule has 0 radical (unpaired) electrons. The van der Waals surface area contributed by atoms with Crippen molar-refractivity contribution >= 4 is 45.3 Å². The van der Waals surface area contributed by atoms with Gasteiger partial charge in [-0.3, -0.25) is 0 Å². The summed E-state index contributed by atoms with van der Waals surface area (Å²) in [6.07, 6.45) is 2.03. The number of aromatic nitrogens is 3. The van der Waals surface area contributed by atoms with E-state index in [0.29, 0.717) is 11.5 Å². The third kappa shape index (κ3) is 9.35. The second-order valence-corrected chi connectivity index (χ2v) is 25.5. The van der Waals surface area contributed by atoms with E-state index in [1.54, 1.807) is 0 Å². The van der Waals surface area contributed by atoms with Crippen molar-refractivity contribution in [1.82, 2.24) is 14.1 Å². The Morgan fingerprint density at radius 3 is 1.52 bits per heavy atom. The molecule has 91 heavy (non-hydrogen) atoms. The van der Waals surface area contributed by atoms with Crippen molar-refractivity contribution in [3.05, 3.63) is 347 Å². The van der Waals surface area contributed by atoms with Crippen LogP contribution in [0.15, 0.2) is 297 Å². The van der Waals surface area contributed by atoms with E-state index in [4.69, 9.17) is 9.72 Å². The Balaban J connectivity index is 0.863. The van der Waals surface area contributed by atoms with E-state index in [2.05, 4.69) is 363 Å². The van der Waals surface area contributed by atoms with Gasteiger partial charge in [0.05, 0.1) is 0 Å². The average molecular weight is 1350 g/mol. The number of imidazole rings is 1. The Kier molecular flexibility index (Phi) is 13.7. The quantitative estimate of drug-likeness (QED) is 0.128. The molecule has 0 saturated carbocycles. The predicted molar refractivity (Wildman–Crippen MR) is 368 cm³/mol. The smallest absolute Gasteiger partial charge is 0.310 e. The van der Waals surface area contributed by atoms with Gasteiger partial charge in [0.1, 0.15) is 0 Å². The Labute approximate surface area is 542 Å². The van der Waals surface area contributed by atoms with Crippen LogP contribution < -0.4 is 14.5 Å². The number of aryl methyl sites for hydroxylation is 1. The van der Waals surface area contributed by atoms with Crippen LogP contribution >= 0.6 is 0 Å². The minimum Gasteiger partial charge on any atom is -0.310 e. The second-order valence-electron chi connectivity index (χ2n) is 24.5. The maximum atomic E-state index is 7.16. The van der Waals surface area contributed by atoms with Crippen LogP contribution in [0.5, 0.6) is 11.5 Å². The minimum atomic E-state index is -0.814. The number of hydrogen-bond donors (Lipinski definition) is 0. The molecule has 0 fully saturated rings. The van der Waals surface area contributed by atoms with Crippen LogP contribution in [-0.2, 0) is 30.2 Å². The number of rotatable bonds is 10. The number of pyridine rings is 1. The molecule has 0 aliphatic carbocycles. The molecule has 7 heteroatoms. The van der Waals surface area contributed by atoms with E-state index in [1.165, 1.54) is 16.7 Å². The van der Waals surface area contributed by atoms with Gasteiger partial charge in [-0.15, -0.1) is 0 Å². The van der Waals surface area contributed by atoms with Crippen LogP contribution in [0.1, 0.15) is 54.2 Å². The zero-order valence-electron chi connectivity index (χ0n) is 50.8. The number of anilines is 6. The minimum absolute atomic E-state index is 0.0519. The first-order valence-corrected chi connectivity index (χ1v) is 32.1. The summed E-state index contributed by atoms with van der Waals surface area (Å²) in [7, 11) is 0. The van der Waals surface area contributed by atoms with Crippen molar-refractivity contribution in [3.63, 3.8) is 0 Å². The molecule has 2 aliphatic rings. The molecule has 1 spiro atoms. The fourth-order valence-electron chi connectivity index (χ4n) is 13.9. The molecule has 0 amide bonds. The third-order valence-electron chi connectivity index (χ3n) is 18.1. The van der Waals surface area contributed by atoms with Gasteiger partial charge < -0.3 is 4.90 Å². The van der Waals surface area contributed by atoms with Crippen LogP contribution in [0.2, 0.25) is 0 Å². The first kappa shape index (κ1) is 55.6. The van der Waals surface area contributed by atoms with E-state index >= 15 is 0 Å². The van der Waals surface area contributed by atoms with Gasteiger partial charge in [0.25, 0.3) is 0 Å². The molecule has 14 aromatic rings.